The number of carbonyl (C=O) groups excluding carboxylic acids is 1. The van der Waals surface area contributed by atoms with Crippen molar-refractivity contribution in [2.24, 2.45) is 0 Å². The summed E-state index contributed by atoms with van der Waals surface area (Å²) in [5, 5.41) is 12.2. The lowest BCUT2D eigenvalue weighted by molar-refractivity contribution is -0.229. The molecule has 0 aliphatic carbocycles. The quantitative estimate of drug-likeness (QED) is 0.0934. The summed E-state index contributed by atoms with van der Waals surface area (Å²) in [6.45, 7) is 33.3. The zero-order chi connectivity index (χ0) is 32.2. The van der Waals surface area contributed by atoms with Crippen molar-refractivity contribution >= 4 is 53.8 Å². The van der Waals surface area contributed by atoms with Crippen molar-refractivity contribution in [1.29, 1.82) is 0 Å². The minimum Gasteiger partial charge on any atom is -0.409 e. The van der Waals surface area contributed by atoms with Crippen LogP contribution in [0.4, 0.5) is 0 Å². The molecular weight excluding hydrogens is 679 g/mol. The van der Waals surface area contributed by atoms with Crippen LogP contribution in [0.15, 0.2) is 22.3 Å². The van der Waals surface area contributed by atoms with Crippen molar-refractivity contribution in [2.75, 3.05) is 0 Å². The normalized spacial score (nSPS) is 26.6. The highest BCUT2D eigenvalue weighted by atomic mass is 127. The SMILES string of the molecule is CC(C)(C)[Si](C)(C)OC(/C=C/I)[C@H]1O[C@@H](CC/C=C/C=O)C(O[Si](C)(C)C(C)(C)C)[C@H](O)C1O[Si](C)(C)C(C)(C)C. The Morgan fingerprint density at radius 3 is 1.71 bits per heavy atom. The third kappa shape index (κ3) is 10.4. The molecule has 6 atom stereocenters. The van der Waals surface area contributed by atoms with Gasteiger partial charge in [-0.25, -0.2) is 0 Å². The number of aldehydes is 1. The van der Waals surface area contributed by atoms with Crippen LogP contribution in [-0.4, -0.2) is 73.0 Å². The average molecular weight is 741 g/mol. The first-order chi connectivity index (χ1) is 18.3. The molecule has 0 aromatic carbocycles. The fourth-order valence-corrected chi connectivity index (χ4v) is 8.28. The predicted molar refractivity (Wildman–Crippen MR) is 188 cm³/mol. The van der Waals surface area contributed by atoms with Crippen LogP contribution in [-0.2, 0) is 22.8 Å². The Bertz CT molecular complexity index is 899. The van der Waals surface area contributed by atoms with E-state index >= 15 is 0 Å². The molecule has 1 heterocycles. The second kappa shape index (κ2) is 14.6. The summed E-state index contributed by atoms with van der Waals surface area (Å²) in [5.41, 5.74) is 0. The van der Waals surface area contributed by atoms with Crippen LogP contribution in [0.5, 0.6) is 0 Å². The van der Waals surface area contributed by atoms with E-state index < -0.39 is 49.4 Å². The van der Waals surface area contributed by atoms with E-state index in [9.17, 15) is 9.90 Å². The number of carbonyl (C=O) groups is 1. The molecule has 1 N–H and O–H groups in total. The molecule has 0 aromatic rings. The average Bonchev–Trinajstić information content (AvgIpc) is 2.77. The highest BCUT2D eigenvalue weighted by Gasteiger charge is 2.55. The summed E-state index contributed by atoms with van der Waals surface area (Å²) in [7, 11) is -6.82. The number of ether oxygens (including phenoxy) is 1. The molecule has 1 rings (SSSR count). The molecule has 3 unspecified atom stereocenters. The van der Waals surface area contributed by atoms with Crippen LogP contribution in [0.25, 0.3) is 0 Å². The summed E-state index contributed by atoms with van der Waals surface area (Å²) >= 11 is 2.24. The fraction of sp³-hybridized carbons (Fsp3) is 0.839. The molecule has 0 radical (unpaired) electrons. The van der Waals surface area contributed by atoms with Gasteiger partial charge in [0.15, 0.2) is 25.0 Å². The molecule has 0 saturated carbocycles. The van der Waals surface area contributed by atoms with E-state index in [-0.39, 0.29) is 27.3 Å². The van der Waals surface area contributed by atoms with Gasteiger partial charge in [-0.15, -0.1) is 0 Å². The van der Waals surface area contributed by atoms with Crippen molar-refractivity contribution in [3.63, 3.8) is 0 Å². The van der Waals surface area contributed by atoms with Gasteiger partial charge in [0.1, 0.15) is 24.6 Å². The molecule has 0 amide bonds. The van der Waals surface area contributed by atoms with Crippen LogP contribution >= 0.6 is 22.6 Å². The van der Waals surface area contributed by atoms with Gasteiger partial charge < -0.3 is 23.1 Å². The molecule has 0 bridgehead atoms. The van der Waals surface area contributed by atoms with Crippen molar-refractivity contribution < 1.29 is 27.9 Å². The summed E-state index contributed by atoms with van der Waals surface area (Å²) < 4.78 is 30.0. The number of aliphatic hydroxyl groups is 1. The molecule has 1 aliphatic heterocycles. The summed E-state index contributed by atoms with van der Waals surface area (Å²) in [5.74, 6) is 0. The highest BCUT2D eigenvalue weighted by molar-refractivity contribution is 14.1. The maximum absolute atomic E-state index is 12.3. The largest absolute Gasteiger partial charge is 0.409 e. The monoisotopic (exact) mass is 740 g/mol. The van der Waals surface area contributed by atoms with Crippen LogP contribution in [0.2, 0.25) is 54.4 Å². The number of rotatable bonds is 12. The lowest BCUT2D eigenvalue weighted by Crippen LogP contribution is -2.67. The first kappa shape index (κ1) is 39.4. The van der Waals surface area contributed by atoms with Gasteiger partial charge in [0, 0.05) is 0 Å². The van der Waals surface area contributed by atoms with Crippen molar-refractivity contribution in [3.05, 3.63) is 22.3 Å². The predicted octanol–water partition coefficient (Wildman–Crippen LogP) is 8.77. The molecule has 1 fully saturated rings. The Morgan fingerprint density at radius 2 is 1.29 bits per heavy atom. The van der Waals surface area contributed by atoms with E-state index in [4.69, 9.17) is 18.0 Å². The second-order valence-corrected chi connectivity index (χ2v) is 31.1. The van der Waals surface area contributed by atoms with Crippen LogP contribution in [0, 0.1) is 0 Å². The number of hydrogen-bond donors (Lipinski definition) is 1. The van der Waals surface area contributed by atoms with Gasteiger partial charge in [-0.3, -0.25) is 4.79 Å². The Labute approximate surface area is 268 Å². The van der Waals surface area contributed by atoms with Crippen LogP contribution in [0.1, 0.15) is 75.2 Å². The number of aliphatic hydroxyl groups excluding tert-OH is 1. The molecule has 240 valence electrons. The van der Waals surface area contributed by atoms with Gasteiger partial charge in [0.25, 0.3) is 0 Å². The summed E-state index contributed by atoms with van der Waals surface area (Å²) in [6, 6.07) is 0. The topological polar surface area (TPSA) is 74.2 Å². The minimum atomic E-state index is -2.33. The van der Waals surface area contributed by atoms with E-state index in [1.54, 1.807) is 0 Å². The first-order valence-electron chi connectivity index (χ1n) is 15.1. The zero-order valence-electron chi connectivity index (χ0n) is 28.6. The summed E-state index contributed by atoms with van der Waals surface area (Å²) in [4.78, 5) is 10.9. The molecular formula is C31H61IO6Si3. The van der Waals surface area contributed by atoms with E-state index in [1.807, 2.05) is 10.2 Å². The fourth-order valence-electron chi connectivity index (χ4n) is 3.99. The zero-order valence-corrected chi connectivity index (χ0v) is 33.8. The van der Waals surface area contributed by atoms with Crippen molar-refractivity contribution in [1.82, 2.24) is 0 Å². The molecule has 1 saturated heterocycles. The number of hydrogen-bond acceptors (Lipinski definition) is 6. The Kier molecular flexibility index (Phi) is 14.0. The third-order valence-corrected chi connectivity index (χ3v) is 23.7. The van der Waals surface area contributed by atoms with Gasteiger partial charge >= 0.3 is 0 Å². The smallest absolute Gasteiger partial charge is 0.193 e. The number of halogens is 1. The highest BCUT2D eigenvalue weighted by Crippen LogP contribution is 2.45. The van der Waals surface area contributed by atoms with Gasteiger partial charge in [0.05, 0.1) is 18.3 Å². The minimum absolute atomic E-state index is 0.000432. The Morgan fingerprint density at radius 1 is 0.829 bits per heavy atom. The van der Waals surface area contributed by atoms with Gasteiger partial charge in [-0.05, 0) is 83.5 Å². The molecule has 41 heavy (non-hydrogen) atoms. The number of allylic oxidation sites excluding steroid dienone is 2. The maximum atomic E-state index is 12.3. The van der Waals surface area contributed by atoms with E-state index in [0.29, 0.717) is 12.8 Å². The molecule has 1 aliphatic rings. The third-order valence-electron chi connectivity index (χ3n) is 9.82. The molecule has 10 heteroatoms. The molecule has 6 nitrogen and oxygen atoms in total. The van der Waals surface area contributed by atoms with E-state index in [1.165, 1.54) is 6.08 Å². The van der Waals surface area contributed by atoms with Gasteiger partial charge in [0.2, 0.25) is 0 Å². The van der Waals surface area contributed by atoms with Crippen molar-refractivity contribution in [2.45, 2.75) is 166 Å². The molecule has 0 aromatic heterocycles. The van der Waals surface area contributed by atoms with Crippen molar-refractivity contribution in [3.8, 4) is 0 Å². The Balaban J connectivity index is 3.75. The lowest BCUT2D eigenvalue weighted by atomic mass is 9.90. The van der Waals surface area contributed by atoms with Gasteiger partial charge in [-0.2, -0.15) is 0 Å². The summed E-state index contributed by atoms with van der Waals surface area (Å²) in [6.07, 6.45) is 4.13. The standard InChI is InChI=1S/C31H61IO6Si3/c1-29(2,3)39(10,11)36-24(20-21-32)27-28(38-41(14,15)31(7,8)9)25(34)26(37-40(12,13)30(4,5)6)23(35-27)19-17-16-18-22-33/h16,18,20-28,34H,17,19H2,1-15H3/b18-16+,21-20+/t23-,24?,25-,26?,27+,28?/m0/s1. The van der Waals surface area contributed by atoms with E-state index in [2.05, 4.69) is 130 Å². The lowest BCUT2D eigenvalue weighted by Gasteiger charge is -2.53. The van der Waals surface area contributed by atoms with Crippen LogP contribution in [0.3, 0.4) is 0 Å². The molecule has 0 spiro atoms. The van der Waals surface area contributed by atoms with E-state index in [0.717, 1.165) is 6.29 Å². The van der Waals surface area contributed by atoms with Crippen LogP contribution < -0.4 is 0 Å². The second-order valence-electron chi connectivity index (χ2n) is 16.1. The first-order valence-corrected chi connectivity index (χ1v) is 25.0. The van der Waals surface area contributed by atoms with Gasteiger partial charge in [-0.1, -0.05) is 91.0 Å². The Hall–Kier alpha value is 0.331. The maximum Gasteiger partial charge on any atom is 0.193 e.